The van der Waals surface area contributed by atoms with E-state index in [0.29, 0.717) is 5.16 Å². The van der Waals surface area contributed by atoms with Crippen molar-refractivity contribution in [3.05, 3.63) is 50.5 Å². The van der Waals surface area contributed by atoms with Crippen LogP contribution in [0.5, 0.6) is 0 Å². The molecule has 1 aromatic carbocycles. The number of hydrogen-bond acceptors (Lipinski definition) is 4. The van der Waals surface area contributed by atoms with Crippen LogP contribution in [0, 0.1) is 5.82 Å². The van der Waals surface area contributed by atoms with Gasteiger partial charge in [-0.05, 0) is 18.4 Å². The molecule has 5 nitrogen and oxygen atoms in total. The van der Waals surface area contributed by atoms with E-state index in [0.717, 1.165) is 0 Å². The molecule has 1 amide bonds. The molecule has 0 bridgehead atoms. The van der Waals surface area contributed by atoms with Gasteiger partial charge < -0.3 is 10.3 Å². The highest BCUT2D eigenvalue weighted by atomic mass is 35.5. The van der Waals surface area contributed by atoms with Crippen LogP contribution in [0.3, 0.4) is 0 Å². The number of thioether (sulfide) groups is 1. The summed E-state index contributed by atoms with van der Waals surface area (Å²) in [7, 11) is 0. The van der Waals surface area contributed by atoms with Crippen LogP contribution in [0.25, 0.3) is 0 Å². The second-order valence-corrected chi connectivity index (χ2v) is 5.98. The highest BCUT2D eigenvalue weighted by Gasteiger charge is 2.33. The summed E-state index contributed by atoms with van der Waals surface area (Å²) in [5.74, 6) is -1.48. The number of aromatic nitrogens is 2. The average molecular weight is 340 g/mol. The summed E-state index contributed by atoms with van der Waals surface area (Å²) in [6.45, 7) is 0. The first-order valence-corrected chi connectivity index (χ1v) is 8.03. The van der Waals surface area contributed by atoms with Crippen LogP contribution in [-0.2, 0) is 4.79 Å². The third-order valence-corrected chi connectivity index (χ3v) is 4.38. The number of aromatic amines is 1. The maximum Gasteiger partial charge on any atom is 0.257 e. The molecule has 114 valence electrons. The van der Waals surface area contributed by atoms with E-state index >= 15 is 0 Å². The monoisotopic (exact) mass is 339 g/mol. The fourth-order valence-corrected chi connectivity index (χ4v) is 3.21. The van der Waals surface area contributed by atoms with Gasteiger partial charge in [0, 0.05) is 22.9 Å². The normalized spacial score (nSPS) is 17.0. The molecule has 0 spiro atoms. The first kappa shape index (κ1) is 15.1. The van der Waals surface area contributed by atoms with Gasteiger partial charge in [-0.2, -0.15) is 0 Å². The Morgan fingerprint density at radius 3 is 2.82 bits per heavy atom. The predicted molar refractivity (Wildman–Crippen MR) is 83.1 cm³/mol. The summed E-state index contributed by atoms with van der Waals surface area (Å²) in [6, 6.07) is 4.26. The fourth-order valence-electron chi connectivity index (χ4n) is 2.54. The van der Waals surface area contributed by atoms with Gasteiger partial charge in [0.25, 0.3) is 5.56 Å². The Labute approximate surface area is 134 Å². The number of amides is 1. The zero-order valence-corrected chi connectivity index (χ0v) is 13.0. The van der Waals surface area contributed by atoms with E-state index in [1.165, 1.54) is 30.0 Å². The quantitative estimate of drug-likeness (QED) is 0.651. The summed E-state index contributed by atoms with van der Waals surface area (Å²) >= 11 is 7.32. The zero-order chi connectivity index (χ0) is 15.9. The molecule has 2 N–H and O–H groups in total. The van der Waals surface area contributed by atoms with Gasteiger partial charge in [-0.3, -0.25) is 9.59 Å². The number of nitrogens with one attached hydrogen (secondary N) is 2. The van der Waals surface area contributed by atoms with Crippen LogP contribution >= 0.6 is 23.4 Å². The summed E-state index contributed by atoms with van der Waals surface area (Å²) < 4.78 is 14.2. The lowest BCUT2D eigenvalue weighted by Crippen LogP contribution is -2.31. The third-order valence-electron chi connectivity index (χ3n) is 3.47. The molecule has 8 heteroatoms. The van der Waals surface area contributed by atoms with Crippen molar-refractivity contribution in [3.63, 3.8) is 0 Å². The van der Waals surface area contributed by atoms with E-state index in [2.05, 4.69) is 15.3 Å². The lowest BCUT2D eigenvalue weighted by Gasteiger charge is -2.25. The van der Waals surface area contributed by atoms with Crippen molar-refractivity contribution in [1.29, 1.82) is 0 Å². The van der Waals surface area contributed by atoms with E-state index in [1.54, 1.807) is 6.26 Å². The van der Waals surface area contributed by atoms with Crippen molar-refractivity contribution in [2.75, 3.05) is 11.6 Å². The van der Waals surface area contributed by atoms with Crippen LogP contribution in [-0.4, -0.2) is 22.1 Å². The smallest absolute Gasteiger partial charge is 0.257 e. The molecule has 2 heterocycles. The van der Waals surface area contributed by atoms with Gasteiger partial charge in [0.1, 0.15) is 11.6 Å². The Balaban J connectivity index is 2.25. The number of anilines is 1. The van der Waals surface area contributed by atoms with Gasteiger partial charge in [-0.1, -0.05) is 29.4 Å². The number of hydrogen-bond donors (Lipinski definition) is 2. The van der Waals surface area contributed by atoms with Crippen LogP contribution in [0.15, 0.2) is 28.2 Å². The summed E-state index contributed by atoms with van der Waals surface area (Å²) in [5.41, 5.74) is -0.0347. The molecule has 1 aliphatic rings. The molecule has 0 unspecified atom stereocenters. The topological polar surface area (TPSA) is 74.8 Å². The van der Waals surface area contributed by atoms with E-state index < -0.39 is 17.3 Å². The van der Waals surface area contributed by atoms with Gasteiger partial charge >= 0.3 is 0 Å². The minimum absolute atomic E-state index is 0.0585. The Bertz CT molecular complexity index is 804. The van der Waals surface area contributed by atoms with Gasteiger partial charge in [0.2, 0.25) is 5.91 Å². The molecule has 1 atom stereocenters. The number of H-pyrrole nitrogens is 1. The molecule has 0 saturated heterocycles. The highest BCUT2D eigenvalue weighted by Crippen LogP contribution is 2.38. The number of rotatable bonds is 2. The minimum Gasteiger partial charge on any atom is -0.310 e. The minimum atomic E-state index is -0.760. The largest absolute Gasteiger partial charge is 0.310 e. The molecule has 0 aliphatic carbocycles. The van der Waals surface area contributed by atoms with Gasteiger partial charge in [0.15, 0.2) is 5.16 Å². The molecular formula is C14H11ClFN3O2S. The second kappa shape index (κ2) is 5.73. The molecule has 1 aromatic heterocycles. The van der Waals surface area contributed by atoms with Gasteiger partial charge in [-0.25, -0.2) is 9.37 Å². The first-order valence-electron chi connectivity index (χ1n) is 6.43. The lowest BCUT2D eigenvalue weighted by molar-refractivity contribution is -0.116. The molecule has 22 heavy (non-hydrogen) atoms. The van der Waals surface area contributed by atoms with Crippen LogP contribution in [0.4, 0.5) is 10.2 Å². The molecule has 3 rings (SSSR count). The highest BCUT2D eigenvalue weighted by molar-refractivity contribution is 7.98. The van der Waals surface area contributed by atoms with E-state index in [-0.39, 0.29) is 34.3 Å². The molecular weight excluding hydrogens is 329 g/mol. The average Bonchev–Trinajstić information content (AvgIpc) is 2.45. The van der Waals surface area contributed by atoms with Crippen molar-refractivity contribution >= 4 is 35.1 Å². The standard InChI is InChI=1S/C14H11ClFN3O2S/c1-22-14-18-12-11(13(21)19-14)6(5-9(20)17-12)10-7(15)3-2-4-8(10)16/h2-4,6H,5H2,1H3,(H2,17,18,19,20,21)/t6-/m0/s1. The van der Waals surface area contributed by atoms with E-state index in [4.69, 9.17) is 11.6 Å². The van der Waals surface area contributed by atoms with E-state index in [1.807, 2.05) is 0 Å². The second-order valence-electron chi connectivity index (χ2n) is 4.78. The number of benzene rings is 1. The molecule has 0 saturated carbocycles. The van der Waals surface area contributed by atoms with E-state index in [9.17, 15) is 14.0 Å². The summed E-state index contributed by atoms with van der Waals surface area (Å²) in [6.07, 6.45) is 1.69. The fraction of sp³-hybridized carbons (Fsp3) is 0.214. The maximum absolute atomic E-state index is 14.2. The number of carbonyl (C=O) groups excluding carboxylic acids is 1. The molecule has 2 aromatic rings. The molecule has 1 aliphatic heterocycles. The first-order chi connectivity index (χ1) is 10.5. The Morgan fingerprint density at radius 1 is 1.36 bits per heavy atom. The van der Waals surface area contributed by atoms with Gasteiger partial charge in [0.05, 0.1) is 5.56 Å². The Hall–Kier alpha value is -1.86. The number of carbonyl (C=O) groups is 1. The van der Waals surface area contributed by atoms with Crippen molar-refractivity contribution in [1.82, 2.24) is 9.97 Å². The summed E-state index contributed by atoms with van der Waals surface area (Å²) in [4.78, 5) is 31.0. The van der Waals surface area contributed by atoms with Crippen molar-refractivity contribution in [3.8, 4) is 0 Å². The number of nitrogens with zero attached hydrogens (tertiary/aromatic N) is 1. The Kier molecular flexibility index (Phi) is 3.92. The molecule has 0 radical (unpaired) electrons. The van der Waals surface area contributed by atoms with Crippen LogP contribution in [0.2, 0.25) is 5.02 Å². The van der Waals surface area contributed by atoms with Crippen LogP contribution in [0.1, 0.15) is 23.5 Å². The van der Waals surface area contributed by atoms with Gasteiger partial charge in [-0.15, -0.1) is 0 Å². The SMILES string of the molecule is CSc1nc2c(c(=O)[nH]1)[C@H](c1c(F)cccc1Cl)CC(=O)N2. The Morgan fingerprint density at radius 2 is 2.14 bits per heavy atom. The van der Waals surface area contributed by atoms with Crippen LogP contribution < -0.4 is 10.9 Å². The maximum atomic E-state index is 14.2. The lowest BCUT2D eigenvalue weighted by atomic mass is 9.86. The third kappa shape index (κ3) is 2.50. The van der Waals surface area contributed by atoms with Crippen molar-refractivity contribution < 1.29 is 9.18 Å². The number of halogens is 2. The van der Waals surface area contributed by atoms with Crippen molar-refractivity contribution in [2.24, 2.45) is 0 Å². The number of fused-ring (bicyclic) bond motifs is 1. The predicted octanol–water partition coefficient (Wildman–Crippen LogP) is 2.76. The summed E-state index contributed by atoms with van der Waals surface area (Å²) in [5, 5.41) is 3.12. The zero-order valence-electron chi connectivity index (χ0n) is 11.4. The van der Waals surface area contributed by atoms with Crippen molar-refractivity contribution in [2.45, 2.75) is 17.5 Å². The molecule has 0 fully saturated rings.